The molecule has 0 heterocycles. The van der Waals surface area contributed by atoms with Gasteiger partial charge in [-0.1, -0.05) is 73.1 Å². The summed E-state index contributed by atoms with van der Waals surface area (Å²) in [5.41, 5.74) is 0. The second-order valence-corrected chi connectivity index (χ2v) is 6.12. The molecule has 1 atom stereocenters. The Balaban J connectivity index is 3.56. The summed E-state index contributed by atoms with van der Waals surface area (Å²) >= 11 is 0. The van der Waals surface area contributed by atoms with Gasteiger partial charge in [0.05, 0.1) is 0 Å². The van der Waals surface area contributed by atoms with Crippen molar-refractivity contribution < 1.29 is 0 Å². The van der Waals surface area contributed by atoms with E-state index in [-0.39, 0.29) is 0 Å². The summed E-state index contributed by atoms with van der Waals surface area (Å²) in [6.45, 7) is 12.7. The molecule has 0 rings (SSSR count). The van der Waals surface area contributed by atoms with E-state index >= 15 is 0 Å². The molecule has 0 aliphatic rings. The Morgan fingerprint density at radius 2 is 1.41 bits per heavy atom. The van der Waals surface area contributed by atoms with Gasteiger partial charge < -0.3 is 5.32 Å². The van der Waals surface area contributed by atoms with Crippen molar-refractivity contribution >= 4 is 0 Å². The Labute approximate surface area is 110 Å². The number of rotatable bonds is 11. The lowest BCUT2D eigenvalue weighted by Gasteiger charge is -2.22. The molecule has 0 aromatic rings. The first kappa shape index (κ1) is 17.0. The standard InChI is InChI=1S/C16H35N/c1-6-7-8-9-10-11-12-16(14(2)3)13-17-15(4)5/h14-17H,6-13H2,1-5H3. The Morgan fingerprint density at radius 3 is 1.94 bits per heavy atom. The van der Waals surface area contributed by atoms with Gasteiger partial charge in [-0.25, -0.2) is 0 Å². The van der Waals surface area contributed by atoms with Gasteiger partial charge in [0.1, 0.15) is 0 Å². The van der Waals surface area contributed by atoms with Crippen LogP contribution in [0.2, 0.25) is 0 Å². The Morgan fingerprint density at radius 1 is 0.824 bits per heavy atom. The van der Waals surface area contributed by atoms with Crippen molar-refractivity contribution in [2.75, 3.05) is 6.54 Å². The number of hydrogen-bond acceptors (Lipinski definition) is 1. The lowest BCUT2D eigenvalue weighted by molar-refractivity contribution is 0.320. The highest BCUT2D eigenvalue weighted by atomic mass is 14.9. The van der Waals surface area contributed by atoms with Gasteiger partial charge in [-0.2, -0.15) is 0 Å². The molecule has 0 fully saturated rings. The van der Waals surface area contributed by atoms with Gasteiger partial charge >= 0.3 is 0 Å². The van der Waals surface area contributed by atoms with Crippen LogP contribution >= 0.6 is 0 Å². The third-order valence-corrected chi connectivity index (χ3v) is 3.66. The van der Waals surface area contributed by atoms with Gasteiger partial charge in [0.2, 0.25) is 0 Å². The first-order chi connectivity index (χ1) is 8.07. The minimum Gasteiger partial charge on any atom is -0.314 e. The molecule has 0 aliphatic carbocycles. The Kier molecular flexibility index (Phi) is 11.0. The summed E-state index contributed by atoms with van der Waals surface area (Å²) in [7, 11) is 0. The van der Waals surface area contributed by atoms with Gasteiger partial charge in [0, 0.05) is 6.04 Å². The van der Waals surface area contributed by atoms with Crippen LogP contribution in [0.15, 0.2) is 0 Å². The highest BCUT2D eigenvalue weighted by Crippen LogP contribution is 2.19. The topological polar surface area (TPSA) is 12.0 Å². The molecule has 0 saturated heterocycles. The summed E-state index contributed by atoms with van der Waals surface area (Å²) in [4.78, 5) is 0. The van der Waals surface area contributed by atoms with E-state index in [1.807, 2.05) is 0 Å². The average molecular weight is 241 g/mol. The molecule has 1 nitrogen and oxygen atoms in total. The molecule has 0 aliphatic heterocycles. The van der Waals surface area contributed by atoms with Crippen molar-refractivity contribution in [3.8, 4) is 0 Å². The summed E-state index contributed by atoms with van der Waals surface area (Å²) in [6, 6.07) is 0.626. The van der Waals surface area contributed by atoms with Crippen molar-refractivity contribution in [2.45, 2.75) is 85.6 Å². The number of unbranched alkanes of at least 4 members (excludes halogenated alkanes) is 5. The van der Waals surface area contributed by atoms with Crippen LogP contribution in [0.3, 0.4) is 0 Å². The normalized spacial score (nSPS) is 13.6. The molecule has 0 spiro atoms. The zero-order valence-corrected chi connectivity index (χ0v) is 12.9. The third-order valence-electron chi connectivity index (χ3n) is 3.66. The van der Waals surface area contributed by atoms with E-state index in [1.54, 1.807) is 0 Å². The molecule has 0 radical (unpaired) electrons. The van der Waals surface area contributed by atoms with Gasteiger partial charge in [-0.05, 0) is 24.8 Å². The molecule has 0 amide bonds. The molecule has 1 N–H and O–H groups in total. The van der Waals surface area contributed by atoms with Gasteiger partial charge in [-0.15, -0.1) is 0 Å². The molecule has 1 unspecified atom stereocenters. The third kappa shape index (κ3) is 10.8. The van der Waals surface area contributed by atoms with Crippen molar-refractivity contribution in [1.29, 1.82) is 0 Å². The van der Waals surface area contributed by atoms with Gasteiger partial charge in [0.15, 0.2) is 0 Å². The maximum atomic E-state index is 3.59. The predicted octanol–water partition coefficient (Wildman–Crippen LogP) is 5.01. The molecule has 0 aromatic heterocycles. The first-order valence-corrected chi connectivity index (χ1v) is 7.81. The van der Waals surface area contributed by atoms with Crippen LogP contribution in [0.25, 0.3) is 0 Å². The fraction of sp³-hybridized carbons (Fsp3) is 1.00. The minimum atomic E-state index is 0.626. The lowest BCUT2D eigenvalue weighted by Crippen LogP contribution is -2.31. The maximum Gasteiger partial charge on any atom is 0.00104 e. The van der Waals surface area contributed by atoms with Crippen LogP contribution in [-0.4, -0.2) is 12.6 Å². The predicted molar refractivity (Wildman–Crippen MR) is 79.5 cm³/mol. The zero-order valence-electron chi connectivity index (χ0n) is 12.9. The quantitative estimate of drug-likeness (QED) is 0.502. The molecule has 17 heavy (non-hydrogen) atoms. The van der Waals surface area contributed by atoms with Crippen LogP contribution in [0.5, 0.6) is 0 Å². The molecular formula is C16H35N. The summed E-state index contributed by atoms with van der Waals surface area (Å²) in [5.74, 6) is 1.68. The second-order valence-electron chi connectivity index (χ2n) is 6.12. The van der Waals surface area contributed by atoms with E-state index < -0.39 is 0 Å². The molecular weight excluding hydrogens is 206 g/mol. The zero-order chi connectivity index (χ0) is 13.1. The second kappa shape index (κ2) is 11.1. The van der Waals surface area contributed by atoms with E-state index in [0.717, 1.165) is 11.8 Å². The fourth-order valence-corrected chi connectivity index (χ4v) is 2.25. The van der Waals surface area contributed by atoms with Crippen molar-refractivity contribution in [3.05, 3.63) is 0 Å². The molecule has 104 valence electrons. The number of hydrogen-bond donors (Lipinski definition) is 1. The summed E-state index contributed by atoms with van der Waals surface area (Å²) < 4.78 is 0. The lowest BCUT2D eigenvalue weighted by atomic mass is 9.90. The van der Waals surface area contributed by atoms with Crippen LogP contribution < -0.4 is 5.32 Å². The van der Waals surface area contributed by atoms with E-state index in [0.29, 0.717) is 6.04 Å². The fourth-order valence-electron chi connectivity index (χ4n) is 2.25. The molecule has 0 bridgehead atoms. The monoisotopic (exact) mass is 241 g/mol. The Bertz CT molecular complexity index is 152. The molecule has 0 saturated carbocycles. The van der Waals surface area contributed by atoms with Crippen LogP contribution in [0.1, 0.15) is 79.6 Å². The van der Waals surface area contributed by atoms with Gasteiger partial charge in [-0.3, -0.25) is 0 Å². The van der Waals surface area contributed by atoms with E-state index in [1.165, 1.54) is 51.5 Å². The van der Waals surface area contributed by atoms with E-state index in [9.17, 15) is 0 Å². The van der Waals surface area contributed by atoms with Crippen LogP contribution in [0, 0.1) is 11.8 Å². The van der Waals surface area contributed by atoms with E-state index in [2.05, 4.69) is 39.9 Å². The Hall–Kier alpha value is -0.0400. The van der Waals surface area contributed by atoms with E-state index in [4.69, 9.17) is 0 Å². The largest absolute Gasteiger partial charge is 0.314 e. The highest BCUT2D eigenvalue weighted by molar-refractivity contribution is 4.67. The van der Waals surface area contributed by atoms with Gasteiger partial charge in [0.25, 0.3) is 0 Å². The van der Waals surface area contributed by atoms with Crippen molar-refractivity contribution in [2.24, 2.45) is 11.8 Å². The highest BCUT2D eigenvalue weighted by Gasteiger charge is 2.12. The molecule has 0 aromatic carbocycles. The molecule has 1 heteroatoms. The number of nitrogens with one attached hydrogen (secondary N) is 1. The van der Waals surface area contributed by atoms with Crippen molar-refractivity contribution in [1.82, 2.24) is 5.32 Å². The minimum absolute atomic E-state index is 0.626. The van der Waals surface area contributed by atoms with Crippen LogP contribution in [0.4, 0.5) is 0 Å². The maximum absolute atomic E-state index is 3.59. The van der Waals surface area contributed by atoms with Crippen molar-refractivity contribution in [3.63, 3.8) is 0 Å². The average Bonchev–Trinajstić information content (AvgIpc) is 2.26. The summed E-state index contributed by atoms with van der Waals surface area (Å²) in [5, 5.41) is 3.59. The first-order valence-electron chi connectivity index (χ1n) is 7.81. The van der Waals surface area contributed by atoms with Crippen LogP contribution in [-0.2, 0) is 0 Å². The summed E-state index contributed by atoms with van der Waals surface area (Å²) in [6.07, 6.45) is 9.92. The smallest absolute Gasteiger partial charge is 0.00104 e. The SMILES string of the molecule is CCCCCCCCC(CNC(C)C)C(C)C.